The molecule has 0 spiro atoms. The zero-order valence-electron chi connectivity index (χ0n) is 9.38. The smallest absolute Gasteiger partial charge is 0.231 e. The van der Waals surface area contributed by atoms with Crippen molar-refractivity contribution in [2.75, 3.05) is 17.7 Å². The molecule has 1 aromatic carbocycles. The largest absolute Gasteiger partial charge is 0.384 e. The number of nitrogen functional groups attached to an aromatic ring is 1. The number of rotatable bonds is 2. The highest BCUT2D eigenvalue weighted by Crippen LogP contribution is 2.20. The van der Waals surface area contributed by atoms with Crippen LogP contribution in [0.3, 0.4) is 0 Å². The van der Waals surface area contributed by atoms with Crippen molar-refractivity contribution in [3.05, 3.63) is 42.1 Å². The summed E-state index contributed by atoms with van der Waals surface area (Å²) in [5, 5.41) is 0. The van der Waals surface area contributed by atoms with Crippen LogP contribution < -0.4 is 10.6 Å². The first kappa shape index (κ1) is 10.4. The number of nitrogens with two attached hydrogens (primary N) is 1. The Morgan fingerprint density at radius 2 is 1.81 bits per heavy atom. The minimum Gasteiger partial charge on any atom is -0.384 e. The molecule has 2 rings (SSSR count). The fourth-order valence-electron chi connectivity index (χ4n) is 1.41. The molecule has 1 heterocycles. The van der Waals surface area contributed by atoms with Crippen LogP contribution in [0.5, 0.6) is 0 Å². The second-order valence-electron chi connectivity index (χ2n) is 3.68. The summed E-state index contributed by atoms with van der Waals surface area (Å²) < 4.78 is 0. The van der Waals surface area contributed by atoms with E-state index in [0.29, 0.717) is 11.8 Å². The normalized spacial score (nSPS) is 10.1. The van der Waals surface area contributed by atoms with Gasteiger partial charge in [-0.2, -0.15) is 4.98 Å². The average Bonchev–Trinajstić information content (AvgIpc) is 2.29. The van der Waals surface area contributed by atoms with E-state index in [-0.39, 0.29) is 0 Å². The highest BCUT2D eigenvalue weighted by Gasteiger charge is 2.06. The molecule has 0 saturated carbocycles. The fraction of sp³-hybridized carbons (Fsp3) is 0.167. The average molecular weight is 214 g/mol. The molecule has 0 saturated heterocycles. The minimum atomic E-state index is 0.476. The SMILES string of the molecule is Cc1ccc(N(C)c2nccc(N)n2)cc1. The monoisotopic (exact) mass is 214 g/mol. The zero-order valence-corrected chi connectivity index (χ0v) is 9.38. The van der Waals surface area contributed by atoms with Crippen LogP contribution in [0.2, 0.25) is 0 Å². The number of anilines is 3. The second kappa shape index (κ2) is 4.18. The van der Waals surface area contributed by atoms with E-state index in [1.165, 1.54) is 5.56 Å². The molecule has 0 unspecified atom stereocenters. The molecule has 2 aromatic rings. The Labute approximate surface area is 94.8 Å². The molecule has 2 N–H and O–H groups in total. The summed E-state index contributed by atoms with van der Waals surface area (Å²) in [6.45, 7) is 2.06. The maximum atomic E-state index is 5.62. The van der Waals surface area contributed by atoms with Gasteiger partial charge in [0.2, 0.25) is 5.95 Å². The number of aromatic nitrogens is 2. The summed E-state index contributed by atoms with van der Waals surface area (Å²) in [6.07, 6.45) is 1.66. The Bertz CT molecular complexity index is 479. The summed E-state index contributed by atoms with van der Waals surface area (Å²) in [5.41, 5.74) is 7.89. The number of aryl methyl sites for hydroxylation is 1. The van der Waals surface area contributed by atoms with E-state index >= 15 is 0 Å². The lowest BCUT2D eigenvalue weighted by molar-refractivity contribution is 1.05. The molecule has 1 aromatic heterocycles. The van der Waals surface area contributed by atoms with Crippen LogP contribution in [0, 0.1) is 6.92 Å². The Morgan fingerprint density at radius 1 is 1.12 bits per heavy atom. The third-order valence-corrected chi connectivity index (χ3v) is 2.39. The van der Waals surface area contributed by atoms with Crippen LogP contribution in [0.25, 0.3) is 0 Å². The van der Waals surface area contributed by atoms with Crippen LogP contribution in [-0.4, -0.2) is 17.0 Å². The fourth-order valence-corrected chi connectivity index (χ4v) is 1.41. The third-order valence-electron chi connectivity index (χ3n) is 2.39. The molecule has 4 heteroatoms. The van der Waals surface area contributed by atoms with Crippen molar-refractivity contribution in [3.8, 4) is 0 Å². The van der Waals surface area contributed by atoms with Crippen LogP contribution in [0.4, 0.5) is 17.5 Å². The van der Waals surface area contributed by atoms with Crippen molar-refractivity contribution in [1.82, 2.24) is 9.97 Å². The van der Waals surface area contributed by atoms with E-state index in [9.17, 15) is 0 Å². The van der Waals surface area contributed by atoms with Gasteiger partial charge in [-0.15, -0.1) is 0 Å². The standard InChI is InChI=1S/C12H14N4/c1-9-3-5-10(6-4-9)16(2)12-14-8-7-11(13)15-12/h3-8H,1-2H3,(H2,13,14,15). The minimum absolute atomic E-state index is 0.476. The predicted molar refractivity (Wildman–Crippen MR) is 65.7 cm³/mol. The molecule has 0 bridgehead atoms. The summed E-state index contributed by atoms with van der Waals surface area (Å²) in [5.74, 6) is 1.08. The molecule has 0 aliphatic heterocycles. The van der Waals surface area contributed by atoms with Gasteiger partial charge in [-0.25, -0.2) is 4.98 Å². The van der Waals surface area contributed by atoms with Crippen molar-refractivity contribution >= 4 is 17.5 Å². The van der Waals surface area contributed by atoms with Crippen LogP contribution >= 0.6 is 0 Å². The van der Waals surface area contributed by atoms with Gasteiger partial charge in [-0.05, 0) is 25.1 Å². The molecular formula is C12H14N4. The maximum Gasteiger partial charge on any atom is 0.231 e. The number of hydrogen-bond donors (Lipinski definition) is 1. The zero-order chi connectivity index (χ0) is 11.5. The van der Waals surface area contributed by atoms with Gasteiger partial charge in [-0.3, -0.25) is 0 Å². The van der Waals surface area contributed by atoms with Crippen molar-refractivity contribution in [1.29, 1.82) is 0 Å². The molecule has 0 radical (unpaired) electrons. The topological polar surface area (TPSA) is 55.0 Å². The first-order chi connectivity index (χ1) is 7.66. The van der Waals surface area contributed by atoms with E-state index in [2.05, 4.69) is 29.0 Å². The van der Waals surface area contributed by atoms with Gasteiger partial charge in [0.15, 0.2) is 0 Å². The molecule has 0 aliphatic carbocycles. The predicted octanol–water partition coefficient (Wildman–Crippen LogP) is 2.14. The molecule has 4 nitrogen and oxygen atoms in total. The molecule has 16 heavy (non-hydrogen) atoms. The van der Waals surface area contributed by atoms with Crippen molar-refractivity contribution < 1.29 is 0 Å². The van der Waals surface area contributed by atoms with Crippen LogP contribution in [0.1, 0.15) is 5.56 Å². The summed E-state index contributed by atoms with van der Waals surface area (Å²) >= 11 is 0. The van der Waals surface area contributed by atoms with E-state index in [1.54, 1.807) is 12.3 Å². The molecule has 0 aliphatic rings. The van der Waals surface area contributed by atoms with E-state index < -0.39 is 0 Å². The Kier molecular flexibility index (Phi) is 2.72. The van der Waals surface area contributed by atoms with Crippen LogP contribution in [0.15, 0.2) is 36.5 Å². The third kappa shape index (κ3) is 2.11. The number of benzene rings is 1. The van der Waals surface area contributed by atoms with Gasteiger partial charge < -0.3 is 10.6 Å². The molecular weight excluding hydrogens is 200 g/mol. The van der Waals surface area contributed by atoms with Gasteiger partial charge in [0.05, 0.1) is 0 Å². The van der Waals surface area contributed by atoms with E-state index in [4.69, 9.17) is 5.73 Å². The molecule has 0 amide bonds. The lowest BCUT2D eigenvalue weighted by Gasteiger charge is -2.17. The quantitative estimate of drug-likeness (QED) is 0.832. The van der Waals surface area contributed by atoms with Gasteiger partial charge >= 0.3 is 0 Å². The highest BCUT2D eigenvalue weighted by atomic mass is 15.2. The van der Waals surface area contributed by atoms with Crippen molar-refractivity contribution in [2.24, 2.45) is 0 Å². The summed E-state index contributed by atoms with van der Waals surface area (Å²) in [4.78, 5) is 10.2. The van der Waals surface area contributed by atoms with Gasteiger partial charge in [0, 0.05) is 18.9 Å². The van der Waals surface area contributed by atoms with Gasteiger partial charge in [-0.1, -0.05) is 17.7 Å². The Hall–Kier alpha value is -2.10. The van der Waals surface area contributed by atoms with Gasteiger partial charge in [0.25, 0.3) is 0 Å². The molecule has 82 valence electrons. The lowest BCUT2D eigenvalue weighted by Crippen LogP contribution is -2.13. The van der Waals surface area contributed by atoms with Crippen LogP contribution in [-0.2, 0) is 0 Å². The molecule has 0 atom stereocenters. The lowest BCUT2D eigenvalue weighted by atomic mass is 10.2. The van der Waals surface area contributed by atoms with E-state index in [1.807, 2.05) is 24.1 Å². The first-order valence-electron chi connectivity index (χ1n) is 5.06. The number of hydrogen-bond acceptors (Lipinski definition) is 4. The number of nitrogens with zero attached hydrogens (tertiary/aromatic N) is 3. The van der Waals surface area contributed by atoms with Crippen molar-refractivity contribution in [2.45, 2.75) is 6.92 Å². The molecule has 0 fully saturated rings. The first-order valence-corrected chi connectivity index (χ1v) is 5.06. The summed E-state index contributed by atoms with van der Waals surface area (Å²) in [7, 11) is 1.92. The second-order valence-corrected chi connectivity index (χ2v) is 3.68. The van der Waals surface area contributed by atoms with Crippen molar-refractivity contribution in [3.63, 3.8) is 0 Å². The highest BCUT2D eigenvalue weighted by molar-refractivity contribution is 5.57. The Balaban J connectivity index is 2.31. The maximum absolute atomic E-state index is 5.62. The summed E-state index contributed by atoms with van der Waals surface area (Å²) in [6, 6.07) is 9.84. The van der Waals surface area contributed by atoms with Gasteiger partial charge in [0.1, 0.15) is 5.82 Å². The van der Waals surface area contributed by atoms with E-state index in [0.717, 1.165) is 5.69 Å². The Morgan fingerprint density at radius 3 is 2.44 bits per heavy atom.